The van der Waals surface area contributed by atoms with E-state index in [-0.39, 0.29) is 0 Å². The van der Waals surface area contributed by atoms with E-state index in [1.807, 2.05) is 19.1 Å². The van der Waals surface area contributed by atoms with Crippen LogP contribution in [-0.2, 0) is 19.4 Å². The first kappa shape index (κ1) is 18.5. The van der Waals surface area contributed by atoms with E-state index in [0.29, 0.717) is 11.7 Å². The van der Waals surface area contributed by atoms with Crippen LogP contribution in [0.15, 0.2) is 36.4 Å². The van der Waals surface area contributed by atoms with Gasteiger partial charge >= 0.3 is 0 Å². The average molecular weight is 343 g/mol. The van der Waals surface area contributed by atoms with E-state index in [4.69, 9.17) is 21.7 Å². The van der Waals surface area contributed by atoms with Gasteiger partial charge in [0.2, 0.25) is 0 Å². The standard InChI is InChI=1S/C21H26O2S/c1-5-16-11-12-19(15(4)13-16)22-14-18-17(6-2)9-8-10-20(18)23-21(24)7-3/h8-13H,5-7,14H2,1-4H3. The molecule has 0 heterocycles. The molecule has 0 unspecified atom stereocenters. The van der Waals surface area contributed by atoms with Crippen LogP contribution in [0.25, 0.3) is 0 Å². The molecule has 0 aromatic heterocycles. The van der Waals surface area contributed by atoms with Crippen molar-refractivity contribution in [3.63, 3.8) is 0 Å². The second kappa shape index (κ2) is 8.84. The molecule has 0 saturated heterocycles. The molecule has 0 aliphatic heterocycles. The number of thiocarbonyl (C=S) groups is 1. The molecule has 0 spiro atoms. The van der Waals surface area contributed by atoms with Crippen LogP contribution in [0.3, 0.4) is 0 Å². The van der Waals surface area contributed by atoms with E-state index < -0.39 is 0 Å². The highest BCUT2D eigenvalue weighted by Crippen LogP contribution is 2.27. The average Bonchev–Trinajstić information content (AvgIpc) is 2.60. The lowest BCUT2D eigenvalue weighted by atomic mass is 10.0. The summed E-state index contributed by atoms with van der Waals surface area (Å²) in [5, 5.41) is 0.605. The topological polar surface area (TPSA) is 18.5 Å². The molecule has 3 heteroatoms. The molecule has 0 bridgehead atoms. The van der Waals surface area contributed by atoms with Crippen LogP contribution >= 0.6 is 12.2 Å². The second-order valence-electron chi connectivity index (χ2n) is 5.82. The largest absolute Gasteiger partial charge is 0.488 e. The Balaban J connectivity index is 2.23. The molecule has 128 valence electrons. The first-order chi connectivity index (χ1) is 11.6. The molecule has 0 saturated carbocycles. The van der Waals surface area contributed by atoms with Gasteiger partial charge in [-0.2, -0.15) is 0 Å². The molecule has 0 amide bonds. The summed E-state index contributed by atoms with van der Waals surface area (Å²) in [6.07, 6.45) is 2.69. The predicted octanol–water partition coefficient (Wildman–Crippen LogP) is 5.82. The Kier molecular flexibility index (Phi) is 6.80. The zero-order chi connectivity index (χ0) is 17.5. The molecular formula is C21H26O2S. The van der Waals surface area contributed by atoms with Crippen molar-refractivity contribution >= 4 is 17.3 Å². The fourth-order valence-electron chi connectivity index (χ4n) is 2.64. The lowest BCUT2D eigenvalue weighted by molar-refractivity contribution is 0.298. The van der Waals surface area contributed by atoms with E-state index in [9.17, 15) is 0 Å². The highest BCUT2D eigenvalue weighted by atomic mass is 32.1. The van der Waals surface area contributed by atoms with Crippen LogP contribution in [0.4, 0.5) is 0 Å². The molecule has 2 aromatic carbocycles. The van der Waals surface area contributed by atoms with E-state index >= 15 is 0 Å². The monoisotopic (exact) mass is 342 g/mol. The minimum Gasteiger partial charge on any atom is -0.488 e. The van der Waals surface area contributed by atoms with Crippen LogP contribution in [-0.4, -0.2) is 5.05 Å². The number of benzene rings is 2. The SMILES string of the molecule is CCC(=S)Oc1cccc(CC)c1COc1ccc(CC)cc1C. The van der Waals surface area contributed by atoms with Gasteiger partial charge in [0.15, 0.2) is 5.05 Å². The zero-order valence-electron chi connectivity index (χ0n) is 15.0. The van der Waals surface area contributed by atoms with Crippen molar-refractivity contribution in [1.29, 1.82) is 0 Å². The predicted molar refractivity (Wildman–Crippen MR) is 104 cm³/mol. The van der Waals surface area contributed by atoms with Crippen molar-refractivity contribution in [2.24, 2.45) is 0 Å². The molecule has 0 radical (unpaired) electrons. The van der Waals surface area contributed by atoms with Gasteiger partial charge in [0.05, 0.1) is 0 Å². The maximum absolute atomic E-state index is 6.10. The van der Waals surface area contributed by atoms with E-state index in [1.54, 1.807) is 0 Å². The van der Waals surface area contributed by atoms with Gasteiger partial charge in [0.1, 0.15) is 18.1 Å². The van der Waals surface area contributed by atoms with E-state index in [0.717, 1.165) is 41.9 Å². The van der Waals surface area contributed by atoms with Gasteiger partial charge in [-0.1, -0.05) is 45.0 Å². The summed E-state index contributed by atoms with van der Waals surface area (Å²) in [5.41, 5.74) is 4.80. The van der Waals surface area contributed by atoms with Crippen molar-refractivity contribution in [3.8, 4) is 11.5 Å². The first-order valence-corrected chi connectivity index (χ1v) is 9.03. The van der Waals surface area contributed by atoms with Crippen LogP contribution in [0.5, 0.6) is 11.5 Å². The summed E-state index contributed by atoms with van der Waals surface area (Å²) < 4.78 is 11.9. The minimum absolute atomic E-state index is 0.484. The third-order valence-corrected chi connectivity index (χ3v) is 4.52. The maximum Gasteiger partial charge on any atom is 0.167 e. The number of hydrogen-bond donors (Lipinski definition) is 0. The Bertz CT molecular complexity index is 707. The molecule has 0 fully saturated rings. The van der Waals surface area contributed by atoms with Gasteiger partial charge in [0, 0.05) is 12.0 Å². The van der Waals surface area contributed by atoms with Gasteiger partial charge < -0.3 is 9.47 Å². The molecular weight excluding hydrogens is 316 g/mol. The summed E-state index contributed by atoms with van der Waals surface area (Å²) in [4.78, 5) is 0. The fraction of sp³-hybridized carbons (Fsp3) is 0.381. The quantitative estimate of drug-likeness (QED) is 0.591. The van der Waals surface area contributed by atoms with Crippen LogP contribution in [0, 0.1) is 6.92 Å². The van der Waals surface area contributed by atoms with Gasteiger partial charge in [0.25, 0.3) is 0 Å². The summed E-state index contributed by atoms with van der Waals surface area (Å²) in [6, 6.07) is 12.5. The lowest BCUT2D eigenvalue weighted by Crippen LogP contribution is -2.09. The van der Waals surface area contributed by atoms with E-state index in [1.165, 1.54) is 11.1 Å². The molecule has 0 atom stereocenters. The van der Waals surface area contributed by atoms with Gasteiger partial charge in [-0.3, -0.25) is 0 Å². The van der Waals surface area contributed by atoms with Crippen LogP contribution in [0.2, 0.25) is 0 Å². The summed E-state index contributed by atoms with van der Waals surface area (Å²) in [5.74, 6) is 1.73. The van der Waals surface area contributed by atoms with Crippen molar-refractivity contribution < 1.29 is 9.47 Å². The zero-order valence-corrected chi connectivity index (χ0v) is 15.8. The molecule has 0 aliphatic carbocycles. The Morgan fingerprint density at radius 3 is 2.42 bits per heavy atom. The minimum atomic E-state index is 0.484. The Hall–Kier alpha value is -1.87. The molecule has 2 nitrogen and oxygen atoms in total. The Morgan fingerprint density at radius 2 is 1.79 bits per heavy atom. The summed E-state index contributed by atoms with van der Waals surface area (Å²) in [7, 11) is 0. The fourth-order valence-corrected chi connectivity index (χ4v) is 2.73. The van der Waals surface area contributed by atoms with Crippen LogP contribution < -0.4 is 9.47 Å². The summed E-state index contributed by atoms with van der Waals surface area (Å²) >= 11 is 5.24. The van der Waals surface area contributed by atoms with Gasteiger partial charge in [-0.15, -0.1) is 0 Å². The first-order valence-electron chi connectivity index (χ1n) is 8.62. The number of rotatable bonds is 7. The van der Waals surface area contributed by atoms with Gasteiger partial charge in [-0.05, 0) is 60.8 Å². The number of ether oxygens (including phenoxy) is 2. The Labute approximate surface area is 150 Å². The summed E-state index contributed by atoms with van der Waals surface area (Å²) in [6.45, 7) is 8.87. The van der Waals surface area contributed by atoms with Crippen molar-refractivity contribution in [1.82, 2.24) is 0 Å². The molecule has 2 rings (SSSR count). The highest BCUT2D eigenvalue weighted by molar-refractivity contribution is 7.80. The molecule has 2 aromatic rings. The van der Waals surface area contributed by atoms with Crippen molar-refractivity contribution in [3.05, 3.63) is 58.7 Å². The van der Waals surface area contributed by atoms with Gasteiger partial charge in [-0.25, -0.2) is 0 Å². The number of hydrogen-bond acceptors (Lipinski definition) is 3. The normalized spacial score (nSPS) is 10.5. The smallest absolute Gasteiger partial charge is 0.167 e. The molecule has 24 heavy (non-hydrogen) atoms. The third-order valence-electron chi connectivity index (χ3n) is 4.14. The highest BCUT2D eigenvalue weighted by Gasteiger charge is 2.12. The van der Waals surface area contributed by atoms with Crippen molar-refractivity contribution in [2.45, 2.75) is 53.6 Å². The molecule has 0 aliphatic rings. The Morgan fingerprint density at radius 1 is 1.00 bits per heavy atom. The third kappa shape index (κ3) is 4.57. The maximum atomic E-state index is 6.10. The molecule has 0 N–H and O–H groups in total. The second-order valence-corrected chi connectivity index (χ2v) is 6.27. The van der Waals surface area contributed by atoms with E-state index in [2.05, 4.69) is 45.0 Å². The van der Waals surface area contributed by atoms with Crippen LogP contribution in [0.1, 0.15) is 49.4 Å². The lowest BCUT2D eigenvalue weighted by Gasteiger charge is -2.16. The number of aryl methyl sites for hydroxylation is 3. The van der Waals surface area contributed by atoms with Crippen molar-refractivity contribution in [2.75, 3.05) is 0 Å².